The predicted molar refractivity (Wildman–Crippen MR) is 74.6 cm³/mol. The van der Waals surface area contributed by atoms with E-state index in [0.29, 0.717) is 5.56 Å². The fraction of sp³-hybridized carbons (Fsp3) is 0.538. The van der Waals surface area contributed by atoms with Gasteiger partial charge in [0, 0.05) is 12.4 Å². The van der Waals surface area contributed by atoms with Crippen molar-refractivity contribution in [2.75, 3.05) is 6.61 Å². The lowest BCUT2D eigenvalue weighted by Crippen LogP contribution is -2.39. The minimum absolute atomic E-state index is 0.282. The van der Waals surface area contributed by atoms with Gasteiger partial charge in [0.25, 0.3) is 0 Å². The summed E-state index contributed by atoms with van der Waals surface area (Å²) in [6.45, 7) is 7.53. The van der Waals surface area contributed by atoms with E-state index in [9.17, 15) is 9.00 Å². The molecule has 0 aliphatic carbocycles. The van der Waals surface area contributed by atoms with Gasteiger partial charge in [0.2, 0.25) is 0 Å². The molecule has 1 N–H and O–H groups in total. The van der Waals surface area contributed by atoms with Crippen molar-refractivity contribution in [3.05, 3.63) is 30.1 Å². The number of nitrogens with zero attached hydrogens (tertiary/aromatic N) is 1. The maximum absolute atomic E-state index is 12.1. The Bertz CT molecular complexity index is 443. The smallest absolute Gasteiger partial charge is 0.328 e. The highest BCUT2D eigenvalue weighted by Gasteiger charge is 2.28. The van der Waals surface area contributed by atoms with Crippen molar-refractivity contribution in [3.63, 3.8) is 0 Å². The van der Waals surface area contributed by atoms with Crippen LogP contribution in [0.2, 0.25) is 0 Å². The van der Waals surface area contributed by atoms with E-state index >= 15 is 0 Å². The van der Waals surface area contributed by atoms with Gasteiger partial charge in [-0.3, -0.25) is 4.98 Å². The van der Waals surface area contributed by atoms with Crippen molar-refractivity contribution >= 4 is 17.0 Å². The fourth-order valence-electron chi connectivity index (χ4n) is 1.32. The molecule has 1 aromatic heterocycles. The van der Waals surface area contributed by atoms with Crippen LogP contribution in [0.3, 0.4) is 0 Å². The van der Waals surface area contributed by atoms with Gasteiger partial charge in [-0.25, -0.2) is 13.7 Å². The Morgan fingerprint density at radius 3 is 2.47 bits per heavy atom. The first-order valence-corrected chi connectivity index (χ1v) is 7.26. The minimum Gasteiger partial charge on any atom is -0.465 e. The highest BCUT2D eigenvalue weighted by molar-refractivity contribution is 7.84. The largest absolute Gasteiger partial charge is 0.465 e. The summed E-state index contributed by atoms with van der Waals surface area (Å²) in [4.78, 5) is 15.9. The lowest BCUT2D eigenvalue weighted by atomic mass is 10.1. The monoisotopic (exact) mass is 284 g/mol. The van der Waals surface area contributed by atoms with Gasteiger partial charge in [0.1, 0.15) is 6.04 Å². The summed E-state index contributed by atoms with van der Waals surface area (Å²) in [6, 6.07) is 2.66. The van der Waals surface area contributed by atoms with Gasteiger partial charge in [0.15, 0.2) is 0 Å². The number of esters is 1. The Hall–Kier alpha value is -1.27. The molecule has 0 aliphatic rings. The second kappa shape index (κ2) is 6.77. The van der Waals surface area contributed by atoms with Crippen LogP contribution in [0.4, 0.5) is 0 Å². The average Bonchev–Trinajstić information content (AvgIpc) is 2.35. The summed E-state index contributed by atoms with van der Waals surface area (Å²) in [5.74, 6) is -0.439. The van der Waals surface area contributed by atoms with Crippen molar-refractivity contribution in [2.24, 2.45) is 0 Å². The van der Waals surface area contributed by atoms with Crippen molar-refractivity contribution in [3.8, 4) is 0 Å². The number of ether oxygens (including phenoxy) is 1. The van der Waals surface area contributed by atoms with Crippen LogP contribution < -0.4 is 4.72 Å². The van der Waals surface area contributed by atoms with Gasteiger partial charge in [-0.1, -0.05) is 0 Å². The predicted octanol–water partition coefficient (Wildman–Crippen LogP) is 1.74. The Labute approximate surface area is 116 Å². The van der Waals surface area contributed by atoms with Crippen LogP contribution in [0.1, 0.15) is 39.3 Å². The van der Waals surface area contributed by atoms with Crippen LogP contribution in [0.5, 0.6) is 0 Å². The maximum atomic E-state index is 12.1. The molecule has 0 saturated carbocycles. The molecular weight excluding hydrogens is 264 g/mol. The molecule has 1 aromatic rings. The Morgan fingerprint density at radius 1 is 1.42 bits per heavy atom. The van der Waals surface area contributed by atoms with Gasteiger partial charge < -0.3 is 4.74 Å². The van der Waals surface area contributed by atoms with Crippen LogP contribution in [0.15, 0.2) is 24.5 Å². The third-order valence-corrected chi connectivity index (χ3v) is 3.90. The zero-order chi connectivity index (χ0) is 14.5. The number of hydrogen-bond acceptors (Lipinski definition) is 4. The lowest BCUT2D eigenvalue weighted by Gasteiger charge is -2.23. The first-order valence-electron chi connectivity index (χ1n) is 6.11. The normalized spacial score (nSPS) is 14.7. The summed E-state index contributed by atoms with van der Waals surface area (Å²) in [6.07, 6.45) is 3.17. The van der Waals surface area contributed by atoms with Crippen LogP contribution in [0, 0.1) is 0 Å². The highest BCUT2D eigenvalue weighted by Crippen LogP contribution is 2.18. The summed E-state index contributed by atoms with van der Waals surface area (Å²) in [7, 11) is -1.36. The summed E-state index contributed by atoms with van der Waals surface area (Å²) in [5.41, 5.74) is 0.686. The molecule has 0 saturated heterocycles. The molecule has 1 heterocycles. The van der Waals surface area contributed by atoms with Gasteiger partial charge in [-0.05, 0) is 45.4 Å². The molecule has 0 fully saturated rings. The minimum atomic E-state index is -1.36. The van der Waals surface area contributed by atoms with Crippen molar-refractivity contribution in [1.82, 2.24) is 9.71 Å². The van der Waals surface area contributed by atoms with E-state index in [2.05, 4.69) is 9.71 Å². The number of pyridine rings is 1. The van der Waals surface area contributed by atoms with E-state index in [-0.39, 0.29) is 6.61 Å². The maximum Gasteiger partial charge on any atom is 0.328 e. The molecule has 1 rings (SSSR count). The van der Waals surface area contributed by atoms with Gasteiger partial charge in [-0.2, -0.15) is 0 Å². The van der Waals surface area contributed by atoms with Gasteiger partial charge >= 0.3 is 5.97 Å². The van der Waals surface area contributed by atoms with Crippen molar-refractivity contribution in [1.29, 1.82) is 0 Å². The van der Waals surface area contributed by atoms with E-state index < -0.39 is 27.7 Å². The summed E-state index contributed by atoms with van der Waals surface area (Å²) >= 11 is 0. The fourth-order valence-corrected chi connectivity index (χ4v) is 2.12. The van der Waals surface area contributed by atoms with Crippen LogP contribution >= 0.6 is 0 Å². The molecule has 0 radical (unpaired) electrons. The van der Waals surface area contributed by atoms with Crippen LogP contribution in [0.25, 0.3) is 0 Å². The number of carbonyl (C=O) groups is 1. The molecule has 106 valence electrons. The SMILES string of the molecule is CCOC(=O)[C@H](NS(=O)C(C)(C)C)c1ccncc1. The molecular formula is C13H20N2O3S. The molecule has 0 spiro atoms. The number of hydrogen-bond donors (Lipinski definition) is 1. The third-order valence-electron chi connectivity index (χ3n) is 2.34. The molecule has 2 atom stereocenters. The average molecular weight is 284 g/mol. The highest BCUT2D eigenvalue weighted by atomic mass is 32.2. The van der Waals surface area contributed by atoms with Crippen molar-refractivity contribution < 1.29 is 13.7 Å². The summed E-state index contributed by atoms with van der Waals surface area (Å²) < 4.78 is 19.5. The molecule has 6 heteroatoms. The first kappa shape index (κ1) is 15.8. The Kier molecular flexibility index (Phi) is 5.62. The molecule has 0 amide bonds. The van der Waals surface area contributed by atoms with E-state index in [1.165, 1.54) is 0 Å². The molecule has 19 heavy (non-hydrogen) atoms. The van der Waals surface area contributed by atoms with Crippen LogP contribution in [-0.2, 0) is 20.5 Å². The van der Waals surface area contributed by atoms with Gasteiger partial charge in [-0.15, -0.1) is 0 Å². The molecule has 0 aromatic carbocycles. The van der Waals surface area contributed by atoms with E-state index in [1.807, 2.05) is 20.8 Å². The van der Waals surface area contributed by atoms with E-state index in [4.69, 9.17) is 4.74 Å². The lowest BCUT2D eigenvalue weighted by molar-refractivity contribution is -0.145. The molecule has 5 nitrogen and oxygen atoms in total. The molecule has 0 aliphatic heterocycles. The zero-order valence-electron chi connectivity index (χ0n) is 11.7. The topological polar surface area (TPSA) is 68.3 Å². The third kappa shape index (κ3) is 4.72. The number of rotatable bonds is 5. The number of carbonyl (C=O) groups excluding carboxylic acids is 1. The van der Waals surface area contributed by atoms with Gasteiger partial charge in [0.05, 0.1) is 22.3 Å². The standard InChI is InChI=1S/C13H20N2O3S/c1-5-18-12(16)11(10-6-8-14-9-7-10)15-19(17)13(2,3)4/h6-9,11,15H,5H2,1-4H3/t11-,19?/m1/s1. The second-order valence-corrected chi connectivity index (χ2v) is 6.96. The molecule has 1 unspecified atom stereocenters. The Morgan fingerprint density at radius 2 is 2.00 bits per heavy atom. The van der Waals surface area contributed by atoms with Crippen LogP contribution in [-0.4, -0.2) is 26.5 Å². The van der Waals surface area contributed by atoms with E-state index in [1.54, 1.807) is 31.5 Å². The zero-order valence-corrected chi connectivity index (χ0v) is 12.5. The Balaban J connectivity index is 2.94. The summed E-state index contributed by atoms with van der Waals surface area (Å²) in [5, 5.41) is 0. The second-order valence-electron chi connectivity index (χ2n) is 4.96. The number of aromatic nitrogens is 1. The molecule has 0 bridgehead atoms. The first-order chi connectivity index (χ1) is 8.86. The number of nitrogens with one attached hydrogen (secondary N) is 1. The van der Waals surface area contributed by atoms with E-state index in [0.717, 1.165) is 0 Å². The quantitative estimate of drug-likeness (QED) is 0.836. The van der Waals surface area contributed by atoms with Crippen molar-refractivity contribution in [2.45, 2.75) is 38.5 Å².